The van der Waals surface area contributed by atoms with E-state index in [4.69, 9.17) is 15.6 Å². The second-order valence-corrected chi connectivity index (χ2v) is 4.31. The number of nitrogens with two attached hydrogens (primary N) is 1. The molecule has 3 heteroatoms. The zero-order chi connectivity index (χ0) is 10.7. The molecule has 2 rings (SSSR count). The molecule has 3 nitrogen and oxygen atoms in total. The highest BCUT2D eigenvalue weighted by Gasteiger charge is 2.37. The van der Waals surface area contributed by atoms with Crippen LogP contribution in [0, 0.1) is 0 Å². The van der Waals surface area contributed by atoms with Crippen molar-refractivity contribution in [2.75, 3.05) is 6.61 Å². The summed E-state index contributed by atoms with van der Waals surface area (Å²) in [6, 6.07) is 6.79. The third-order valence-electron chi connectivity index (χ3n) is 2.82. The van der Waals surface area contributed by atoms with Crippen molar-refractivity contribution < 1.29 is 9.84 Å². The second kappa shape index (κ2) is 4.11. The first kappa shape index (κ1) is 10.3. The van der Waals surface area contributed by atoms with E-state index in [1.807, 2.05) is 0 Å². The van der Waals surface area contributed by atoms with Gasteiger partial charge in [0.2, 0.25) is 0 Å². The summed E-state index contributed by atoms with van der Waals surface area (Å²) in [6.07, 6.45) is 4.36. The fourth-order valence-corrected chi connectivity index (χ4v) is 1.57. The minimum atomic E-state index is 0.123. The molecule has 1 aromatic rings. The number of benzene rings is 1. The van der Waals surface area contributed by atoms with Crippen LogP contribution >= 0.6 is 0 Å². The summed E-state index contributed by atoms with van der Waals surface area (Å²) in [5, 5.41) is 9.07. The lowest BCUT2D eigenvalue weighted by atomic mass is 10.1. The zero-order valence-electron chi connectivity index (χ0n) is 8.78. The van der Waals surface area contributed by atoms with Crippen LogP contribution < -0.4 is 10.5 Å². The molecule has 0 atom stereocenters. The molecule has 0 unspecified atom stereocenters. The van der Waals surface area contributed by atoms with Gasteiger partial charge in [-0.3, -0.25) is 0 Å². The molecule has 0 aromatic heterocycles. The molecule has 15 heavy (non-hydrogen) atoms. The van der Waals surface area contributed by atoms with E-state index in [2.05, 4.69) is 0 Å². The smallest absolute Gasteiger partial charge is 0.119 e. The van der Waals surface area contributed by atoms with Crippen LogP contribution in [-0.4, -0.2) is 17.3 Å². The third-order valence-corrected chi connectivity index (χ3v) is 2.82. The fourth-order valence-electron chi connectivity index (χ4n) is 1.57. The summed E-state index contributed by atoms with van der Waals surface area (Å²) in [5.41, 5.74) is 6.08. The average Bonchev–Trinajstić information content (AvgIpc) is 2.95. The highest BCUT2D eigenvalue weighted by molar-refractivity contribution is 5.29. The lowest BCUT2D eigenvalue weighted by molar-refractivity contribution is 0.299. The minimum Gasteiger partial charge on any atom is -0.508 e. The molecule has 1 saturated carbocycles. The second-order valence-electron chi connectivity index (χ2n) is 4.31. The molecule has 0 saturated heterocycles. The first-order valence-electron chi connectivity index (χ1n) is 5.39. The molecule has 1 aromatic carbocycles. The van der Waals surface area contributed by atoms with Gasteiger partial charge in [0, 0.05) is 5.54 Å². The molecule has 0 bridgehead atoms. The van der Waals surface area contributed by atoms with E-state index in [9.17, 15) is 0 Å². The first-order valence-corrected chi connectivity index (χ1v) is 5.39. The van der Waals surface area contributed by atoms with Crippen molar-refractivity contribution in [3.8, 4) is 11.5 Å². The van der Waals surface area contributed by atoms with Crippen molar-refractivity contribution in [2.45, 2.75) is 31.2 Å². The Morgan fingerprint density at radius 2 is 1.93 bits per heavy atom. The maximum absolute atomic E-state index is 9.07. The Kier molecular flexibility index (Phi) is 2.82. The highest BCUT2D eigenvalue weighted by atomic mass is 16.5. The predicted octanol–water partition coefficient (Wildman–Crippen LogP) is 2.04. The Morgan fingerprint density at radius 3 is 2.53 bits per heavy atom. The largest absolute Gasteiger partial charge is 0.508 e. The summed E-state index contributed by atoms with van der Waals surface area (Å²) in [5.74, 6) is 1.07. The number of phenolic OH excluding ortho intramolecular Hbond substituents is 1. The summed E-state index contributed by atoms with van der Waals surface area (Å²) < 4.78 is 5.52. The lowest BCUT2D eigenvalue weighted by Crippen LogP contribution is -2.22. The Balaban J connectivity index is 1.67. The van der Waals surface area contributed by atoms with Crippen LogP contribution in [0.5, 0.6) is 11.5 Å². The van der Waals surface area contributed by atoms with Gasteiger partial charge in [0.1, 0.15) is 11.5 Å². The SMILES string of the molecule is NC1(CCCOc2ccc(O)cc2)CC1. The molecule has 1 fully saturated rings. The predicted molar refractivity (Wildman–Crippen MR) is 59.0 cm³/mol. The standard InChI is InChI=1S/C12H17NO2/c13-12(7-8-12)6-1-9-15-11-4-2-10(14)3-5-11/h2-5,14H,1,6-9,13H2. The van der Waals surface area contributed by atoms with Gasteiger partial charge in [0.05, 0.1) is 6.61 Å². The van der Waals surface area contributed by atoms with Crippen LogP contribution in [0.25, 0.3) is 0 Å². The van der Waals surface area contributed by atoms with E-state index in [0.717, 1.165) is 31.4 Å². The number of rotatable bonds is 5. The number of hydrogen-bond acceptors (Lipinski definition) is 3. The molecular weight excluding hydrogens is 190 g/mol. The van der Waals surface area contributed by atoms with E-state index in [-0.39, 0.29) is 11.3 Å². The van der Waals surface area contributed by atoms with Gasteiger partial charge in [0.25, 0.3) is 0 Å². The summed E-state index contributed by atoms with van der Waals surface area (Å²) >= 11 is 0. The van der Waals surface area contributed by atoms with Gasteiger partial charge >= 0.3 is 0 Å². The molecule has 0 radical (unpaired) electrons. The quantitative estimate of drug-likeness (QED) is 0.726. The maximum Gasteiger partial charge on any atom is 0.119 e. The zero-order valence-corrected chi connectivity index (χ0v) is 8.78. The third kappa shape index (κ3) is 3.13. The van der Waals surface area contributed by atoms with Crippen LogP contribution in [0.3, 0.4) is 0 Å². The van der Waals surface area contributed by atoms with E-state index < -0.39 is 0 Å². The van der Waals surface area contributed by atoms with E-state index in [0.29, 0.717) is 6.61 Å². The average molecular weight is 207 g/mol. The van der Waals surface area contributed by atoms with Crippen molar-refractivity contribution in [1.29, 1.82) is 0 Å². The molecule has 0 spiro atoms. The monoisotopic (exact) mass is 207 g/mol. The maximum atomic E-state index is 9.07. The van der Waals surface area contributed by atoms with Crippen LogP contribution in [0.1, 0.15) is 25.7 Å². The van der Waals surface area contributed by atoms with Crippen LogP contribution in [0.15, 0.2) is 24.3 Å². The van der Waals surface area contributed by atoms with Crippen LogP contribution in [0.4, 0.5) is 0 Å². The van der Waals surface area contributed by atoms with Gasteiger partial charge in [-0.1, -0.05) is 0 Å². The summed E-state index contributed by atoms with van der Waals surface area (Å²) in [6.45, 7) is 0.698. The summed E-state index contributed by atoms with van der Waals surface area (Å²) in [4.78, 5) is 0. The molecule has 0 heterocycles. The Hall–Kier alpha value is -1.22. The molecule has 3 N–H and O–H groups in total. The van der Waals surface area contributed by atoms with Gasteiger partial charge in [-0.2, -0.15) is 0 Å². The topological polar surface area (TPSA) is 55.5 Å². The van der Waals surface area contributed by atoms with E-state index >= 15 is 0 Å². The van der Waals surface area contributed by atoms with E-state index in [1.165, 1.54) is 0 Å². The van der Waals surface area contributed by atoms with Gasteiger partial charge in [-0.15, -0.1) is 0 Å². The van der Waals surface area contributed by atoms with Gasteiger partial charge in [-0.25, -0.2) is 0 Å². The van der Waals surface area contributed by atoms with Crippen molar-refractivity contribution in [3.63, 3.8) is 0 Å². The highest BCUT2D eigenvalue weighted by Crippen LogP contribution is 2.36. The van der Waals surface area contributed by atoms with Gasteiger partial charge in [0.15, 0.2) is 0 Å². The van der Waals surface area contributed by atoms with E-state index in [1.54, 1.807) is 24.3 Å². The normalized spacial score (nSPS) is 17.4. The molecular formula is C12H17NO2. The number of hydrogen-bond donors (Lipinski definition) is 2. The van der Waals surface area contributed by atoms with Gasteiger partial charge in [-0.05, 0) is 49.9 Å². The number of aromatic hydroxyl groups is 1. The summed E-state index contributed by atoms with van der Waals surface area (Å²) in [7, 11) is 0. The number of ether oxygens (including phenoxy) is 1. The van der Waals surface area contributed by atoms with Crippen molar-refractivity contribution >= 4 is 0 Å². The van der Waals surface area contributed by atoms with Crippen molar-refractivity contribution in [1.82, 2.24) is 0 Å². The minimum absolute atomic E-state index is 0.123. The molecule has 1 aliphatic rings. The molecule has 0 amide bonds. The Morgan fingerprint density at radius 1 is 1.27 bits per heavy atom. The number of phenols is 1. The van der Waals surface area contributed by atoms with Gasteiger partial charge < -0.3 is 15.6 Å². The van der Waals surface area contributed by atoms with Crippen LogP contribution in [-0.2, 0) is 0 Å². The first-order chi connectivity index (χ1) is 7.18. The molecule has 0 aliphatic heterocycles. The molecule has 82 valence electrons. The fraction of sp³-hybridized carbons (Fsp3) is 0.500. The van der Waals surface area contributed by atoms with Crippen molar-refractivity contribution in [3.05, 3.63) is 24.3 Å². The Labute approximate surface area is 89.9 Å². The molecule has 1 aliphatic carbocycles. The van der Waals surface area contributed by atoms with Crippen LogP contribution in [0.2, 0.25) is 0 Å². The van der Waals surface area contributed by atoms with Crippen molar-refractivity contribution in [2.24, 2.45) is 5.73 Å². The lowest BCUT2D eigenvalue weighted by Gasteiger charge is -2.09. The Bertz CT molecular complexity index is 317.